The molecule has 0 bridgehead atoms. The van der Waals surface area contributed by atoms with Crippen molar-refractivity contribution in [2.75, 3.05) is 11.9 Å². The van der Waals surface area contributed by atoms with Crippen molar-refractivity contribution in [3.05, 3.63) is 41.9 Å². The Balaban J connectivity index is 1.67. The van der Waals surface area contributed by atoms with E-state index in [-0.39, 0.29) is 24.1 Å². The number of carbonyl (C=O) groups is 1. The molecule has 1 saturated carbocycles. The van der Waals surface area contributed by atoms with Gasteiger partial charge in [0.15, 0.2) is 11.5 Å². The summed E-state index contributed by atoms with van der Waals surface area (Å²) >= 11 is 0. The highest BCUT2D eigenvalue weighted by molar-refractivity contribution is 5.99. The molecule has 3 aromatic heterocycles. The van der Waals surface area contributed by atoms with Gasteiger partial charge in [0.25, 0.3) is 5.91 Å². The molecule has 3 unspecified atom stereocenters. The van der Waals surface area contributed by atoms with Gasteiger partial charge in [0.1, 0.15) is 12.2 Å². The summed E-state index contributed by atoms with van der Waals surface area (Å²) in [5.41, 5.74) is -0.785. The lowest BCUT2D eigenvalue weighted by atomic mass is 9.76. The Kier molecular flexibility index (Phi) is 7.67. The average molecular weight is 524 g/mol. The number of rotatable bonds is 8. The summed E-state index contributed by atoms with van der Waals surface area (Å²) in [6, 6.07) is 5.43. The molecule has 4 N–H and O–H groups in total. The number of hydrogen-bond acceptors (Lipinski definition) is 8. The second kappa shape index (κ2) is 10.6. The minimum absolute atomic E-state index is 0.00190. The summed E-state index contributed by atoms with van der Waals surface area (Å²) in [4.78, 5) is 21.9. The van der Waals surface area contributed by atoms with Gasteiger partial charge in [-0.1, -0.05) is 6.42 Å². The third kappa shape index (κ3) is 6.09. The van der Waals surface area contributed by atoms with E-state index < -0.39 is 23.3 Å². The third-order valence-corrected chi connectivity index (χ3v) is 7.13. The van der Waals surface area contributed by atoms with Gasteiger partial charge >= 0.3 is 0 Å². The van der Waals surface area contributed by atoms with Gasteiger partial charge < -0.3 is 20.8 Å². The molecule has 11 heteroatoms. The number of pyridine rings is 2. The number of amides is 1. The molecule has 0 radical (unpaired) electrons. The molecule has 1 aliphatic carbocycles. The molecule has 202 valence electrons. The van der Waals surface area contributed by atoms with Crippen molar-refractivity contribution in [2.45, 2.75) is 76.8 Å². The van der Waals surface area contributed by atoms with Crippen LogP contribution in [0.2, 0.25) is 0 Å². The monoisotopic (exact) mass is 523 g/mol. The van der Waals surface area contributed by atoms with Crippen LogP contribution in [-0.2, 0) is 0 Å². The first-order chi connectivity index (χ1) is 17.9. The second-order valence-electron chi connectivity index (χ2n) is 11.1. The van der Waals surface area contributed by atoms with Crippen LogP contribution in [0.3, 0.4) is 0 Å². The number of hydrogen-bond donors (Lipinski definition) is 4. The van der Waals surface area contributed by atoms with Gasteiger partial charge in [-0.05, 0) is 58.9 Å². The Bertz CT molecular complexity index is 1350. The first kappa shape index (κ1) is 27.4. The van der Waals surface area contributed by atoms with E-state index in [0.717, 1.165) is 25.7 Å². The fourth-order valence-corrected chi connectivity index (χ4v) is 4.72. The molecule has 10 nitrogen and oxygen atoms in total. The highest BCUT2D eigenvalue weighted by Crippen LogP contribution is 2.34. The van der Waals surface area contributed by atoms with Gasteiger partial charge in [-0.3, -0.25) is 4.79 Å². The van der Waals surface area contributed by atoms with E-state index in [1.54, 1.807) is 18.3 Å². The number of halogens is 1. The van der Waals surface area contributed by atoms with Crippen molar-refractivity contribution >= 4 is 22.6 Å². The summed E-state index contributed by atoms with van der Waals surface area (Å²) in [5, 5.41) is 40.7. The number of carbonyl (C=O) groups excluding carboxylic acids is 1. The molecule has 0 saturated heterocycles. The predicted molar refractivity (Wildman–Crippen MR) is 141 cm³/mol. The summed E-state index contributed by atoms with van der Waals surface area (Å²) in [6.07, 6.45) is 6.22. The number of aromatic nitrogens is 4. The Labute approximate surface area is 220 Å². The number of alkyl halides is 1. The maximum Gasteiger partial charge on any atom is 0.255 e. The molecule has 38 heavy (non-hydrogen) atoms. The predicted octanol–water partition coefficient (Wildman–Crippen LogP) is 3.27. The first-order valence-electron chi connectivity index (χ1n) is 12.7. The summed E-state index contributed by atoms with van der Waals surface area (Å²) in [5.74, 6) is -0.0265. The number of fused-ring (bicyclic) bond motifs is 1. The van der Waals surface area contributed by atoms with Crippen LogP contribution in [-0.4, -0.2) is 65.8 Å². The van der Waals surface area contributed by atoms with E-state index in [0.29, 0.717) is 28.1 Å². The minimum Gasteiger partial charge on any atom is -0.390 e. The zero-order chi connectivity index (χ0) is 27.7. The van der Waals surface area contributed by atoms with Gasteiger partial charge in [-0.2, -0.15) is 15.0 Å². The number of anilines is 1. The SMILES string of the molecule is CC(C)(O)C(F)CNC(=O)c1cnc(-n2ncc3cc(C#N)cnc32)cc1NC1CCCC(C(C)(C)O)C1. The van der Waals surface area contributed by atoms with Gasteiger partial charge in [-0.25, -0.2) is 14.4 Å². The lowest BCUT2D eigenvalue weighted by molar-refractivity contribution is -0.00202. The van der Waals surface area contributed by atoms with E-state index in [2.05, 4.69) is 31.8 Å². The van der Waals surface area contributed by atoms with Crippen LogP contribution in [0.5, 0.6) is 0 Å². The van der Waals surface area contributed by atoms with Crippen molar-refractivity contribution in [2.24, 2.45) is 5.92 Å². The second-order valence-corrected chi connectivity index (χ2v) is 11.1. The summed E-state index contributed by atoms with van der Waals surface area (Å²) in [7, 11) is 0. The normalized spacial score (nSPS) is 19.1. The molecular formula is C27H34FN7O3. The molecular weight excluding hydrogens is 489 g/mol. The third-order valence-electron chi connectivity index (χ3n) is 7.13. The van der Waals surface area contributed by atoms with Crippen molar-refractivity contribution in [1.82, 2.24) is 25.1 Å². The van der Waals surface area contributed by atoms with Crippen LogP contribution in [0.4, 0.5) is 10.1 Å². The van der Waals surface area contributed by atoms with Gasteiger partial charge in [-0.15, -0.1) is 0 Å². The fraction of sp³-hybridized carbons (Fsp3) is 0.519. The Morgan fingerprint density at radius 1 is 1.21 bits per heavy atom. The summed E-state index contributed by atoms with van der Waals surface area (Å²) < 4.78 is 15.8. The van der Waals surface area contributed by atoms with Gasteiger partial charge in [0, 0.05) is 29.9 Å². The highest BCUT2D eigenvalue weighted by Gasteiger charge is 2.33. The van der Waals surface area contributed by atoms with E-state index >= 15 is 0 Å². The van der Waals surface area contributed by atoms with E-state index in [9.17, 15) is 19.4 Å². The minimum atomic E-state index is -1.65. The molecule has 3 aromatic rings. The van der Waals surface area contributed by atoms with Crippen molar-refractivity contribution in [3.63, 3.8) is 0 Å². The Morgan fingerprint density at radius 3 is 2.66 bits per heavy atom. The maximum absolute atomic E-state index is 14.3. The van der Waals surface area contributed by atoms with Crippen molar-refractivity contribution in [1.29, 1.82) is 5.26 Å². The molecule has 0 spiro atoms. The van der Waals surface area contributed by atoms with E-state index in [1.807, 2.05) is 13.8 Å². The number of nitrogens with zero attached hydrogens (tertiary/aromatic N) is 5. The molecule has 1 fully saturated rings. The number of nitrogens with one attached hydrogen (secondary N) is 2. The molecule has 0 aromatic carbocycles. The van der Waals surface area contributed by atoms with Crippen LogP contribution in [0.15, 0.2) is 30.7 Å². The smallest absolute Gasteiger partial charge is 0.255 e. The van der Waals surface area contributed by atoms with Gasteiger partial charge in [0.2, 0.25) is 0 Å². The van der Waals surface area contributed by atoms with Crippen LogP contribution in [0.1, 0.15) is 69.3 Å². The lowest BCUT2D eigenvalue weighted by Gasteiger charge is -2.37. The first-order valence-corrected chi connectivity index (χ1v) is 12.7. The number of nitriles is 1. The molecule has 0 aliphatic heterocycles. The molecule has 4 rings (SSSR count). The lowest BCUT2D eigenvalue weighted by Crippen LogP contribution is -2.42. The van der Waals surface area contributed by atoms with Crippen molar-refractivity contribution < 1.29 is 19.4 Å². The molecule has 1 aliphatic rings. The highest BCUT2D eigenvalue weighted by atomic mass is 19.1. The largest absolute Gasteiger partial charge is 0.390 e. The van der Waals surface area contributed by atoms with Crippen LogP contribution in [0, 0.1) is 17.2 Å². The fourth-order valence-electron chi connectivity index (χ4n) is 4.72. The Hall–Kier alpha value is -3.62. The van der Waals surface area contributed by atoms with Crippen molar-refractivity contribution in [3.8, 4) is 11.9 Å². The quantitative estimate of drug-likeness (QED) is 0.352. The zero-order valence-corrected chi connectivity index (χ0v) is 22.1. The number of aliphatic hydroxyl groups is 2. The van der Waals surface area contributed by atoms with Crippen LogP contribution < -0.4 is 10.6 Å². The van der Waals surface area contributed by atoms with Gasteiger partial charge in [0.05, 0.1) is 40.8 Å². The zero-order valence-electron chi connectivity index (χ0n) is 22.1. The molecule has 1 amide bonds. The maximum atomic E-state index is 14.3. The van der Waals surface area contributed by atoms with Crippen LogP contribution >= 0.6 is 0 Å². The standard InChI is InChI=1S/C27H34FN7O3/c1-26(2,37)18-6-5-7-19(9-18)34-21-10-23(35-24-17(13-33-35)8-16(11-29)12-31-24)30-14-20(21)25(36)32-15-22(28)27(3,4)38/h8,10,12-14,18-19,22,37-38H,5-7,9,15H2,1-4H3,(H,30,34)(H,32,36). The molecule has 3 atom stereocenters. The summed E-state index contributed by atoms with van der Waals surface area (Å²) in [6.45, 7) is 5.96. The van der Waals surface area contributed by atoms with E-state index in [1.165, 1.54) is 30.9 Å². The average Bonchev–Trinajstić information content (AvgIpc) is 3.29. The Morgan fingerprint density at radius 2 is 1.97 bits per heavy atom. The van der Waals surface area contributed by atoms with E-state index in [4.69, 9.17) is 5.26 Å². The van der Waals surface area contributed by atoms with Crippen LogP contribution in [0.25, 0.3) is 16.9 Å². The molecule has 3 heterocycles. The topological polar surface area (TPSA) is 149 Å².